The molecule has 16 heavy (non-hydrogen) atoms. The summed E-state index contributed by atoms with van der Waals surface area (Å²) >= 11 is 0. The van der Waals surface area contributed by atoms with Gasteiger partial charge in [0.05, 0.1) is 0 Å². The fourth-order valence-corrected chi connectivity index (χ4v) is 2.63. The molecule has 1 fully saturated rings. The molecule has 3 heteroatoms. The zero-order valence-corrected chi connectivity index (χ0v) is 9.02. The van der Waals surface area contributed by atoms with Crippen molar-refractivity contribution in [2.45, 2.75) is 18.9 Å². The van der Waals surface area contributed by atoms with E-state index in [0.717, 1.165) is 31.5 Å². The Bertz CT molecular complexity index is 482. The number of aliphatic hydroxyl groups excluding tert-OH is 1. The number of hydrogen-bond acceptors (Lipinski definition) is 2. The van der Waals surface area contributed by atoms with Crippen LogP contribution in [0.5, 0.6) is 0 Å². The molecule has 0 bridgehead atoms. The fraction of sp³-hybridized carbons (Fsp3) is 0.385. The summed E-state index contributed by atoms with van der Waals surface area (Å²) in [5.74, 6) is 0.00463. The molecular formula is C13H14NO2+. The van der Waals surface area contributed by atoms with Crippen LogP contribution in [-0.4, -0.2) is 34.3 Å². The molecule has 3 rings (SSSR count). The zero-order chi connectivity index (χ0) is 11.1. The van der Waals surface area contributed by atoms with Crippen molar-refractivity contribution in [2.24, 2.45) is 0 Å². The number of aliphatic hydroxyl groups is 1. The van der Waals surface area contributed by atoms with Gasteiger partial charge in [-0.25, -0.2) is 4.58 Å². The first-order valence-electron chi connectivity index (χ1n) is 5.72. The second-order valence-electron chi connectivity index (χ2n) is 4.40. The van der Waals surface area contributed by atoms with E-state index in [1.807, 2.05) is 22.8 Å². The van der Waals surface area contributed by atoms with Crippen molar-refractivity contribution < 1.29 is 14.5 Å². The van der Waals surface area contributed by atoms with Crippen molar-refractivity contribution in [2.75, 3.05) is 13.1 Å². The van der Waals surface area contributed by atoms with E-state index in [1.165, 1.54) is 0 Å². The van der Waals surface area contributed by atoms with Crippen LogP contribution in [0.3, 0.4) is 0 Å². The molecule has 3 nitrogen and oxygen atoms in total. The molecule has 1 saturated heterocycles. The van der Waals surface area contributed by atoms with Crippen molar-refractivity contribution in [1.82, 2.24) is 0 Å². The average molecular weight is 216 g/mol. The molecule has 1 aromatic carbocycles. The predicted molar refractivity (Wildman–Crippen MR) is 60.0 cm³/mol. The molecule has 0 amide bonds. The van der Waals surface area contributed by atoms with E-state index in [1.54, 1.807) is 6.07 Å². The molecule has 0 spiro atoms. The number of carbonyl (C=O) groups excluding carboxylic acids is 1. The van der Waals surface area contributed by atoms with Crippen molar-refractivity contribution >= 4 is 11.5 Å². The van der Waals surface area contributed by atoms with E-state index < -0.39 is 6.10 Å². The number of benzene rings is 1. The zero-order valence-electron chi connectivity index (χ0n) is 9.02. The van der Waals surface area contributed by atoms with Crippen molar-refractivity contribution in [3.05, 3.63) is 35.4 Å². The van der Waals surface area contributed by atoms with Crippen LogP contribution in [0, 0.1) is 0 Å². The van der Waals surface area contributed by atoms with E-state index in [4.69, 9.17) is 0 Å². The molecular weight excluding hydrogens is 202 g/mol. The van der Waals surface area contributed by atoms with Crippen LogP contribution in [0.15, 0.2) is 24.3 Å². The Hall–Kier alpha value is -1.48. The lowest BCUT2D eigenvalue weighted by molar-refractivity contribution is -0.507. The topological polar surface area (TPSA) is 40.3 Å². The van der Waals surface area contributed by atoms with E-state index in [0.29, 0.717) is 11.3 Å². The number of hydrogen-bond donors (Lipinski definition) is 1. The lowest BCUT2D eigenvalue weighted by Gasteiger charge is -2.02. The molecule has 1 heterocycles. The molecule has 1 aliphatic heterocycles. The second-order valence-corrected chi connectivity index (χ2v) is 4.40. The fourth-order valence-electron chi connectivity index (χ4n) is 2.63. The molecule has 1 aromatic rings. The number of Topliss-reactive ketones (excluding diaryl/α,β-unsaturated/α-hetero) is 1. The number of nitrogens with zero attached hydrogens (tertiary/aromatic N) is 1. The molecule has 0 saturated carbocycles. The van der Waals surface area contributed by atoms with Crippen molar-refractivity contribution in [3.8, 4) is 0 Å². The molecule has 1 unspecified atom stereocenters. The quantitative estimate of drug-likeness (QED) is 0.661. The number of ketones is 1. The molecule has 1 aliphatic carbocycles. The minimum atomic E-state index is -0.721. The van der Waals surface area contributed by atoms with Crippen LogP contribution in [0.4, 0.5) is 0 Å². The van der Waals surface area contributed by atoms with Crippen LogP contribution in [-0.2, 0) is 0 Å². The van der Waals surface area contributed by atoms with Gasteiger partial charge in [0.25, 0.3) is 11.5 Å². The summed E-state index contributed by atoms with van der Waals surface area (Å²) in [5.41, 5.74) is 2.00. The van der Waals surface area contributed by atoms with Gasteiger partial charge in [0.1, 0.15) is 13.1 Å². The highest BCUT2D eigenvalue weighted by Crippen LogP contribution is 2.29. The number of carbonyl (C=O) groups is 1. The Balaban J connectivity index is 2.14. The third-order valence-corrected chi connectivity index (χ3v) is 3.44. The largest absolute Gasteiger partial charge is 0.377 e. The van der Waals surface area contributed by atoms with E-state index in [9.17, 15) is 9.90 Å². The van der Waals surface area contributed by atoms with Gasteiger partial charge in [-0.3, -0.25) is 4.79 Å². The summed E-state index contributed by atoms with van der Waals surface area (Å²) in [6, 6.07) is 7.34. The summed E-state index contributed by atoms with van der Waals surface area (Å²) in [4.78, 5) is 12.2. The van der Waals surface area contributed by atoms with Crippen LogP contribution in [0.1, 0.15) is 34.9 Å². The number of fused-ring (bicyclic) bond motifs is 1. The highest BCUT2D eigenvalue weighted by molar-refractivity contribution is 6.48. The highest BCUT2D eigenvalue weighted by atomic mass is 16.3. The molecule has 1 atom stereocenters. The lowest BCUT2D eigenvalue weighted by atomic mass is 10.1. The first kappa shape index (κ1) is 9.73. The first-order valence-corrected chi connectivity index (χ1v) is 5.72. The standard InChI is InChI=1S/C13H14NO2/c15-12-9-5-1-2-6-10(9)13(16)11(12)14-7-3-4-8-14/h1-2,5-6,12,15H,3-4,7-8H2/q+1. The molecule has 1 N–H and O–H groups in total. The number of rotatable bonds is 0. The maximum absolute atomic E-state index is 12.2. The monoisotopic (exact) mass is 216 g/mol. The summed E-state index contributed by atoms with van der Waals surface area (Å²) in [5, 5.41) is 10.2. The molecule has 2 aliphatic rings. The van der Waals surface area contributed by atoms with Gasteiger partial charge in [-0.2, -0.15) is 0 Å². The Morgan fingerprint density at radius 2 is 1.88 bits per heavy atom. The molecule has 0 radical (unpaired) electrons. The lowest BCUT2D eigenvalue weighted by Crippen LogP contribution is -2.26. The average Bonchev–Trinajstić information content (AvgIpc) is 2.89. The third-order valence-electron chi connectivity index (χ3n) is 3.44. The SMILES string of the molecule is O=C1C(=[N+]2CCCC2)C(O)c2ccccc21. The Labute approximate surface area is 94.0 Å². The van der Waals surface area contributed by atoms with Gasteiger partial charge in [-0.15, -0.1) is 0 Å². The maximum Gasteiger partial charge on any atom is 0.257 e. The van der Waals surface area contributed by atoms with E-state index >= 15 is 0 Å². The van der Waals surface area contributed by atoms with E-state index in [-0.39, 0.29) is 5.78 Å². The first-order chi connectivity index (χ1) is 7.79. The Kier molecular flexibility index (Phi) is 2.14. The molecule has 82 valence electrons. The van der Waals surface area contributed by atoms with Gasteiger partial charge in [0.15, 0.2) is 6.10 Å². The summed E-state index contributed by atoms with van der Waals surface area (Å²) in [6.07, 6.45) is 1.50. The third kappa shape index (κ3) is 1.25. The second kappa shape index (κ2) is 3.52. The predicted octanol–water partition coefficient (Wildman–Crippen LogP) is 1.16. The van der Waals surface area contributed by atoms with Gasteiger partial charge >= 0.3 is 0 Å². The van der Waals surface area contributed by atoms with Gasteiger partial charge in [0.2, 0.25) is 0 Å². The van der Waals surface area contributed by atoms with Gasteiger partial charge < -0.3 is 5.11 Å². The van der Waals surface area contributed by atoms with Crippen LogP contribution >= 0.6 is 0 Å². The normalized spacial score (nSPS) is 24.1. The van der Waals surface area contributed by atoms with Crippen LogP contribution in [0.2, 0.25) is 0 Å². The molecule has 0 aromatic heterocycles. The maximum atomic E-state index is 12.2. The van der Waals surface area contributed by atoms with Crippen LogP contribution in [0.25, 0.3) is 0 Å². The van der Waals surface area contributed by atoms with Gasteiger partial charge in [0, 0.05) is 24.0 Å². The summed E-state index contributed by atoms with van der Waals surface area (Å²) in [7, 11) is 0. The van der Waals surface area contributed by atoms with Crippen LogP contribution < -0.4 is 0 Å². The Morgan fingerprint density at radius 1 is 1.19 bits per heavy atom. The van der Waals surface area contributed by atoms with E-state index in [2.05, 4.69) is 0 Å². The van der Waals surface area contributed by atoms with Crippen molar-refractivity contribution in [3.63, 3.8) is 0 Å². The van der Waals surface area contributed by atoms with Gasteiger partial charge in [-0.1, -0.05) is 24.3 Å². The van der Waals surface area contributed by atoms with Crippen molar-refractivity contribution in [1.29, 1.82) is 0 Å². The van der Waals surface area contributed by atoms with Gasteiger partial charge in [-0.05, 0) is 0 Å². The highest BCUT2D eigenvalue weighted by Gasteiger charge is 2.42. The smallest absolute Gasteiger partial charge is 0.257 e. The minimum absolute atomic E-state index is 0.00463. The summed E-state index contributed by atoms with van der Waals surface area (Å²) < 4.78 is 2.03. The minimum Gasteiger partial charge on any atom is -0.377 e. The summed E-state index contributed by atoms with van der Waals surface area (Å²) in [6.45, 7) is 1.79. The Morgan fingerprint density at radius 3 is 2.56 bits per heavy atom.